The van der Waals surface area contributed by atoms with Crippen molar-refractivity contribution in [2.24, 2.45) is 0 Å². The predicted molar refractivity (Wildman–Crippen MR) is 117 cm³/mol. The molecule has 0 spiro atoms. The lowest BCUT2D eigenvalue weighted by atomic mass is 9.78. The molecule has 4 rings (SSSR count). The van der Waals surface area contributed by atoms with Crippen LogP contribution in [0.2, 0.25) is 0 Å². The van der Waals surface area contributed by atoms with Crippen LogP contribution in [-0.4, -0.2) is 40.9 Å². The maximum Gasteiger partial charge on any atom is 0.231 e. The summed E-state index contributed by atoms with van der Waals surface area (Å²) in [7, 11) is 1.71. The number of pyridine rings is 1. The molecular weight excluding hydrogens is 378 g/mol. The lowest BCUT2D eigenvalue weighted by Gasteiger charge is -2.49. The van der Waals surface area contributed by atoms with Gasteiger partial charge in [0.1, 0.15) is 5.75 Å². The fraction of sp³-hybridized carbons (Fsp3) is 0.542. The lowest BCUT2D eigenvalue weighted by Crippen LogP contribution is -2.62. The van der Waals surface area contributed by atoms with Gasteiger partial charge in [0.05, 0.1) is 7.11 Å². The highest BCUT2D eigenvalue weighted by molar-refractivity contribution is 5.51. The number of rotatable bonds is 6. The first-order valence-corrected chi connectivity index (χ1v) is 10.6. The Hall–Kier alpha value is -2.31. The van der Waals surface area contributed by atoms with Crippen LogP contribution in [0.15, 0.2) is 36.7 Å². The van der Waals surface area contributed by atoms with Gasteiger partial charge in [-0.2, -0.15) is 0 Å². The van der Waals surface area contributed by atoms with Crippen LogP contribution in [-0.2, 0) is 13.1 Å². The third-order valence-corrected chi connectivity index (χ3v) is 5.94. The van der Waals surface area contributed by atoms with Crippen molar-refractivity contribution >= 4 is 0 Å². The van der Waals surface area contributed by atoms with Crippen LogP contribution in [0.5, 0.6) is 17.2 Å². The highest BCUT2D eigenvalue weighted by atomic mass is 16.7. The Balaban J connectivity index is 1.66. The molecule has 2 aromatic rings. The van der Waals surface area contributed by atoms with Crippen molar-refractivity contribution in [3.8, 4) is 17.2 Å². The van der Waals surface area contributed by atoms with E-state index in [4.69, 9.17) is 14.2 Å². The van der Waals surface area contributed by atoms with Gasteiger partial charge in [-0.15, -0.1) is 0 Å². The molecule has 0 aliphatic carbocycles. The van der Waals surface area contributed by atoms with Crippen LogP contribution in [0.3, 0.4) is 0 Å². The summed E-state index contributed by atoms with van der Waals surface area (Å²) in [4.78, 5) is 6.88. The first kappa shape index (κ1) is 20.9. The summed E-state index contributed by atoms with van der Waals surface area (Å²) in [5.41, 5.74) is 2.46. The summed E-state index contributed by atoms with van der Waals surface area (Å²) in [6.07, 6.45) is 5.93. The number of nitrogens with one attached hydrogen (secondary N) is 1. The SMILES string of the molecule is COc1cc2c(cc1CN(Cc1cccnc1)C1CC(C)(C)NC(C)(C)C1)OCO2. The van der Waals surface area contributed by atoms with Crippen molar-refractivity contribution in [2.45, 2.75) is 70.7 Å². The van der Waals surface area contributed by atoms with Gasteiger partial charge < -0.3 is 19.5 Å². The molecule has 3 heterocycles. The second kappa shape index (κ2) is 8.08. The summed E-state index contributed by atoms with van der Waals surface area (Å²) in [6.45, 7) is 11.1. The second-order valence-electron chi connectivity index (χ2n) is 9.74. The van der Waals surface area contributed by atoms with Gasteiger partial charge in [-0.1, -0.05) is 6.07 Å². The van der Waals surface area contributed by atoms with E-state index < -0.39 is 0 Å². The number of fused-ring (bicyclic) bond motifs is 1. The zero-order valence-electron chi connectivity index (χ0n) is 18.7. The molecule has 0 radical (unpaired) electrons. The third kappa shape index (κ3) is 4.71. The van der Waals surface area contributed by atoms with E-state index in [1.165, 1.54) is 5.56 Å². The van der Waals surface area contributed by atoms with Gasteiger partial charge >= 0.3 is 0 Å². The number of benzene rings is 1. The van der Waals surface area contributed by atoms with E-state index in [2.05, 4.69) is 55.0 Å². The molecule has 1 fully saturated rings. The van der Waals surface area contributed by atoms with Gasteiger partial charge in [-0.05, 0) is 58.2 Å². The molecule has 0 unspecified atom stereocenters. The van der Waals surface area contributed by atoms with Gasteiger partial charge in [0.2, 0.25) is 6.79 Å². The van der Waals surface area contributed by atoms with Crippen molar-refractivity contribution in [3.63, 3.8) is 0 Å². The minimum absolute atomic E-state index is 0.0680. The summed E-state index contributed by atoms with van der Waals surface area (Å²) < 4.78 is 16.9. The molecule has 0 atom stereocenters. The van der Waals surface area contributed by atoms with Crippen LogP contribution in [0.1, 0.15) is 51.7 Å². The molecule has 6 nitrogen and oxygen atoms in total. The molecule has 6 heteroatoms. The standard InChI is InChI=1S/C24H33N3O3/c1-23(2)11-19(12-24(3,4)26-23)27(14-17-7-6-8-25-13-17)15-18-9-21-22(30-16-29-21)10-20(18)28-5/h6-10,13,19,26H,11-12,14-16H2,1-5H3. The summed E-state index contributed by atoms with van der Waals surface area (Å²) in [6, 6.07) is 8.58. The normalized spacial score (nSPS) is 19.8. The summed E-state index contributed by atoms with van der Waals surface area (Å²) in [5.74, 6) is 2.37. The first-order valence-electron chi connectivity index (χ1n) is 10.6. The van der Waals surface area contributed by atoms with Crippen molar-refractivity contribution in [3.05, 3.63) is 47.8 Å². The average Bonchev–Trinajstić information content (AvgIpc) is 3.12. The van der Waals surface area contributed by atoms with Crippen LogP contribution in [0.4, 0.5) is 0 Å². The number of nitrogens with zero attached hydrogens (tertiary/aromatic N) is 2. The maximum absolute atomic E-state index is 5.70. The Kier molecular flexibility index (Phi) is 5.64. The van der Waals surface area contributed by atoms with E-state index >= 15 is 0 Å². The number of aromatic nitrogens is 1. The largest absolute Gasteiger partial charge is 0.496 e. The Morgan fingerprint density at radius 3 is 2.43 bits per heavy atom. The predicted octanol–water partition coefficient (Wildman–Crippen LogP) is 4.13. The van der Waals surface area contributed by atoms with Crippen LogP contribution in [0, 0.1) is 0 Å². The maximum atomic E-state index is 5.70. The van der Waals surface area contributed by atoms with Crippen molar-refractivity contribution in [1.82, 2.24) is 15.2 Å². The molecule has 2 aliphatic heterocycles. The van der Waals surface area contributed by atoms with E-state index in [1.54, 1.807) is 7.11 Å². The molecule has 162 valence electrons. The van der Waals surface area contributed by atoms with Crippen molar-refractivity contribution in [1.29, 1.82) is 0 Å². The van der Waals surface area contributed by atoms with E-state index in [0.717, 1.165) is 48.7 Å². The highest BCUT2D eigenvalue weighted by Gasteiger charge is 2.40. The average molecular weight is 412 g/mol. The fourth-order valence-electron chi connectivity index (χ4n) is 5.06. The molecule has 0 saturated carbocycles. The fourth-order valence-corrected chi connectivity index (χ4v) is 5.06. The van der Waals surface area contributed by atoms with E-state index in [9.17, 15) is 0 Å². The van der Waals surface area contributed by atoms with Gasteiger partial charge in [-0.3, -0.25) is 9.88 Å². The van der Waals surface area contributed by atoms with Crippen LogP contribution >= 0.6 is 0 Å². The zero-order chi connectivity index (χ0) is 21.4. The van der Waals surface area contributed by atoms with E-state index in [0.29, 0.717) is 6.04 Å². The van der Waals surface area contributed by atoms with E-state index in [-0.39, 0.29) is 17.9 Å². The molecule has 1 aromatic carbocycles. The number of methoxy groups -OCH3 is 1. The summed E-state index contributed by atoms with van der Waals surface area (Å²) >= 11 is 0. The first-order chi connectivity index (χ1) is 14.2. The van der Waals surface area contributed by atoms with Crippen molar-refractivity contribution < 1.29 is 14.2 Å². The van der Waals surface area contributed by atoms with Crippen LogP contribution < -0.4 is 19.5 Å². The number of ether oxygens (including phenoxy) is 3. The van der Waals surface area contributed by atoms with Gasteiger partial charge in [0.15, 0.2) is 11.5 Å². The zero-order valence-corrected chi connectivity index (χ0v) is 18.7. The number of piperidine rings is 1. The van der Waals surface area contributed by atoms with E-state index in [1.807, 2.05) is 24.5 Å². The topological polar surface area (TPSA) is 55.9 Å². The van der Waals surface area contributed by atoms with Gasteiger partial charge in [0, 0.05) is 54.2 Å². The molecule has 30 heavy (non-hydrogen) atoms. The molecule has 1 aromatic heterocycles. The Bertz CT molecular complexity index is 867. The molecule has 1 saturated heterocycles. The number of hydrogen-bond donors (Lipinski definition) is 1. The monoisotopic (exact) mass is 411 g/mol. The molecule has 2 aliphatic rings. The molecule has 1 N–H and O–H groups in total. The van der Waals surface area contributed by atoms with Crippen molar-refractivity contribution in [2.75, 3.05) is 13.9 Å². The minimum atomic E-state index is 0.0680. The second-order valence-corrected chi connectivity index (χ2v) is 9.74. The minimum Gasteiger partial charge on any atom is -0.496 e. The molecular formula is C24H33N3O3. The van der Waals surface area contributed by atoms with Gasteiger partial charge in [-0.25, -0.2) is 0 Å². The molecule has 0 amide bonds. The smallest absolute Gasteiger partial charge is 0.231 e. The Morgan fingerprint density at radius 1 is 1.10 bits per heavy atom. The Labute approximate surface area is 179 Å². The summed E-state index contributed by atoms with van der Waals surface area (Å²) in [5, 5.41) is 3.80. The Morgan fingerprint density at radius 2 is 1.80 bits per heavy atom. The highest BCUT2D eigenvalue weighted by Crippen LogP contribution is 2.40. The quantitative estimate of drug-likeness (QED) is 0.771. The van der Waals surface area contributed by atoms with Gasteiger partial charge in [0.25, 0.3) is 0 Å². The molecule has 0 bridgehead atoms. The number of hydrogen-bond acceptors (Lipinski definition) is 6. The third-order valence-electron chi connectivity index (χ3n) is 5.94. The lowest BCUT2D eigenvalue weighted by molar-refractivity contribution is 0.0558. The van der Waals surface area contributed by atoms with Crippen LogP contribution in [0.25, 0.3) is 0 Å².